The van der Waals surface area contributed by atoms with Crippen molar-refractivity contribution < 1.29 is 4.79 Å². The van der Waals surface area contributed by atoms with Gasteiger partial charge in [-0.15, -0.1) is 0 Å². The predicted octanol–water partition coefficient (Wildman–Crippen LogP) is 3.70. The maximum absolute atomic E-state index is 12.5. The van der Waals surface area contributed by atoms with E-state index in [9.17, 15) is 4.79 Å². The lowest BCUT2D eigenvalue weighted by molar-refractivity contribution is -0.121. The molecule has 26 heavy (non-hydrogen) atoms. The van der Waals surface area contributed by atoms with Gasteiger partial charge in [0.15, 0.2) is 0 Å². The Balaban J connectivity index is 1.37. The van der Waals surface area contributed by atoms with E-state index in [1.807, 2.05) is 60.5 Å². The van der Waals surface area contributed by atoms with Crippen LogP contribution in [0.4, 0.5) is 0 Å². The van der Waals surface area contributed by atoms with Gasteiger partial charge in [0.05, 0.1) is 29.8 Å². The van der Waals surface area contributed by atoms with Gasteiger partial charge in [-0.05, 0) is 46.7 Å². The summed E-state index contributed by atoms with van der Waals surface area (Å²) in [6.07, 6.45) is 6.27. The van der Waals surface area contributed by atoms with Crippen molar-refractivity contribution in [1.82, 2.24) is 19.4 Å². The number of amides is 1. The summed E-state index contributed by atoms with van der Waals surface area (Å²) in [4.78, 5) is 16.9. The van der Waals surface area contributed by atoms with Crippen LogP contribution in [-0.2, 0) is 11.3 Å². The van der Waals surface area contributed by atoms with Crippen LogP contribution in [0.5, 0.6) is 0 Å². The van der Waals surface area contributed by atoms with Gasteiger partial charge in [-0.3, -0.25) is 4.79 Å². The van der Waals surface area contributed by atoms with E-state index >= 15 is 0 Å². The molecular weight excluding hydrogens is 344 g/mol. The number of benzene rings is 1. The molecule has 1 atom stereocenters. The molecule has 0 radical (unpaired) electrons. The SMILES string of the molecule is O=C(CC(c1ccsc1)n1cccc1)NCCn1cnc2ccccc21. The fourth-order valence-corrected chi connectivity index (χ4v) is 3.87. The largest absolute Gasteiger partial charge is 0.354 e. The third-order valence-corrected chi connectivity index (χ3v) is 5.20. The smallest absolute Gasteiger partial charge is 0.222 e. The van der Waals surface area contributed by atoms with Crippen LogP contribution in [0.3, 0.4) is 0 Å². The molecule has 0 aliphatic heterocycles. The number of hydrogen-bond acceptors (Lipinski definition) is 3. The Morgan fingerprint density at radius 1 is 1.15 bits per heavy atom. The minimum absolute atomic E-state index is 0.0327. The number of fused-ring (bicyclic) bond motifs is 1. The van der Waals surface area contributed by atoms with Crippen molar-refractivity contribution in [3.63, 3.8) is 0 Å². The molecule has 4 aromatic rings. The van der Waals surface area contributed by atoms with Crippen LogP contribution < -0.4 is 5.32 Å². The number of aromatic nitrogens is 3. The van der Waals surface area contributed by atoms with Crippen molar-refractivity contribution in [3.8, 4) is 0 Å². The number of hydrogen-bond donors (Lipinski definition) is 1. The van der Waals surface area contributed by atoms with E-state index in [-0.39, 0.29) is 11.9 Å². The molecule has 0 fully saturated rings. The molecule has 132 valence electrons. The van der Waals surface area contributed by atoms with E-state index in [0.29, 0.717) is 19.5 Å². The van der Waals surface area contributed by atoms with Crippen molar-refractivity contribution in [1.29, 1.82) is 0 Å². The maximum Gasteiger partial charge on any atom is 0.222 e. The first-order valence-electron chi connectivity index (χ1n) is 8.62. The fraction of sp³-hybridized carbons (Fsp3) is 0.200. The predicted molar refractivity (Wildman–Crippen MR) is 104 cm³/mol. The summed E-state index contributed by atoms with van der Waals surface area (Å²) in [7, 11) is 0. The van der Waals surface area contributed by atoms with E-state index < -0.39 is 0 Å². The zero-order valence-electron chi connectivity index (χ0n) is 14.3. The number of imidazole rings is 1. The highest BCUT2D eigenvalue weighted by atomic mass is 32.1. The van der Waals surface area contributed by atoms with Gasteiger partial charge >= 0.3 is 0 Å². The lowest BCUT2D eigenvalue weighted by Crippen LogP contribution is -2.29. The first-order chi connectivity index (χ1) is 12.8. The summed E-state index contributed by atoms with van der Waals surface area (Å²) in [6.45, 7) is 1.29. The van der Waals surface area contributed by atoms with Crippen LogP contribution in [0.1, 0.15) is 18.0 Å². The van der Waals surface area contributed by atoms with E-state index in [4.69, 9.17) is 0 Å². The molecule has 0 aliphatic carbocycles. The molecular formula is C20H20N4OS. The molecule has 5 nitrogen and oxygen atoms in total. The number of para-hydroxylation sites is 2. The van der Waals surface area contributed by atoms with Crippen molar-refractivity contribution in [2.45, 2.75) is 19.0 Å². The minimum Gasteiger partial charge on any atom is -0.354 e. The zero-order valence-corrected chi connectivity index (χ0v) is 15.1. The monoisotopic (exact) mass is 364 g/mol. The normalized spacial score (nSPS) is 12.3. The number of rotatable bonds is 7. The Labute approximate surface area is 155 Å². The second-order valence-electron chi connectivity index (χ2n) is 6.18. The second kappa shape index (κ2) is 7.58. The van der Waals surface area contributed by atoms with Gasteiger partial charge in [-0.25, -0.2) is 4.98 Å². The Hall–Kier alpha value is -2.86. The number of nitrogens with one attached hydrogen (secondary N) is 1. The average Bonchev–Trinajstić information content (AvgIpc) is 3.41. The molecule has 6 heteroatoms. The number of carbonyl (C=O) groups is 1. The Morgan fingerprint density at radius 3 is 2.81 bits per heavy atom. The molecule has 1 amide bonds. The number of thiophene rings is 1. The molecule has 0 saturated heterocycles. The van der Waals surface area contributed by atoms with Crippen molar-refractivity contribution in [2.75, 3.05) is 6.54 Å². The van der Waals surface area contributed by atoms with Gasteiger partial charge in [0.1, 0.15) is 0 Å². The van der Waals surface area contributed by atoms with Crippen LogP contribution in [0, 0.1) is 0 Å². The maximum atomic E-state index is 12.5. The third-order valence-electron chi connectivity index (χ3n) is 4.50. The highest BCUT2D eigenvalue weighted by Gasteiger charge is 2.17. The first-order valence-corrected chi connectivity index (χ1v) is 9.56. The summed E-state index contributed by atoms with van der Waals surface area (Å²) in [5.41, 5.74) is 3.23. The van der Waals surface area contributed by atoms with Gasteiger partial charge in [0.25, 0.3) is 0 Å². The van der Waals surface area contributed by atoms with Crippen LogP contribution in [0.15, 0.2) is 71.9 Å². The summed E-state index contributed by atoms with van der Waals surface area (Å²) in [5.74, 6) is 0.0549. The molecule has 3 heterocycles. The molecule has 1 aromatic carbocycles. The summed E-state index contributed by atoms with van der Waals surface area (Å²) in [6, 6.07) is 14.1. The standard InChI is InChI=1S/C20H20N4OS/c25-20(13-19(16-7-12-26-14-16)23-9-3-4-10-23)21-8-11-24-15-22-17-5-1-2-6-18(17)24/h1-7,9-10,12,14-15,19H,8,11,13H2,(H,21,25). The average molecular weight is 364 g/mol. The summed E-state index contributed by atoms with van der Waals surface area (Å²) in [5, 5.41) is 7.20. The molecule has 0 saturated carbocycles. The number of nitrogens with zero attached hydrogens (tertiary/aromatic N) is 3. The van der Waals surface area contributed by atoms with Crippen LogP contribution in [0.25, 0.3) is 11.0 Å². The van der Waals surface area contributed by atoms with Gasteiger partial charge in [0.2, 0.25) is 5.91 Å². The van der Waals surface area contributed by atoms with Crippen LogP contribution in [0.2, 0.25) is 0 Å². The van der Waals surface area contributed by atoms with E-state index in [1.54, 1.807) is 11.3 Å². The summed E-state index contributed by atoms with van der Waals surface area (Å²) < 4.78 is 4.16. The molecule has 0 spiro atoms. The van der Waals surface area contributed by atoms with Crippen LogP contribution in [-0.4, -0.2) is 26.6 Å². The molecule has 0 aliphatic rings. The molecule has 1 unspecified atom stereocenters. The van der Waals surface area contributed by atoms with Crippen molar-refractivity contribution in [2.24, 2.45) is 0 Å². The lowest BCUT2D eigenvalue weighted by atomic mass is 10.1. The second-order valence-corrected chi connectivity index (χ2v) is 6.96. The molecule has 1 N–H and O–H groups in total. The lowest BCUT2D eigenvalue weighted by Gasteiger charge is -2.18. The first kappa shape index (κ1) is 16.6. The molecule has 3 aromatic heterocycles. The van der Waals surface area contributed by atoms with Crippen LogP contribution >= 0.6 is 11.3 Å². The van der Waals surface area contributed by atoms with E-state index in [2.05, 4.69) is 30.9 Å². The fourth-order valence-electron chi connectivity index (χ4n) is 3.17. The Morgan fingerprint density at radius 2 is 2.00 bits per heavy atom. The van der Waals surface area contributed by atoms with Gasteiger partial charge < -0.3 is 14.5 Å². The number of carbonyl (C=O) groups excluding carboxylic acids is 1. The third kappa shape index (κ3) is 3.55. The summed E-state index contributed by atoms with van der Waals surface area (Å²) >= 11 is 1.65. The molecule has 0 bridgehead atoms. The Kier molecular flexibility index (Phi) is 4.84. The zero-order chi connectivity index (χ0) is 17.8. The Bertz CT molecular complexity index is 938. The van der Waals surface area contributed by atoms with E-state index in [0.717, 1.165) is 11.0 Å². The highest BCUT2D eigenvalue weighted by Crippen LogP contribution is 2.24. The van der Waals surface area contributed by atoms with Gasteiger partial charge in [-0.1, -0.05) is 12.1 Å². The van der Waals surface area contributed by atoms with Crippen molar-refractivity contribution >= 4 is 28.3 Å². The van der Waals surface area contributed by atoms with Gasteiger partial charge in [0, 0.05) is 25.5 Å². The molecule has 4 rings (SSSR count). The van der Waals surface area contributed by atoms with Gasteiger partial charge in [-0.2, -0.15) is 11.3 Å². The minimum atomic E-state index is 0.0327. The van der Waals surface area contributed by atoms with E-state index in [1.165, 1.54) is 5.56 Å². The quantitative estimate of drug-likeness (QED) is 0.544. The topological polar surface area (TPSA) is 51.9 Å². The highest BCUT2D eigenvalue weighted by molar-refractivity contribution is 7.08. The van der Waals surface area contributed by atoms with Crippen molar-refractivity contribution in [3.05, 3.63) is 77.5 Å².